The molecule has 18 N–H and O–H groups in total. The first-order valence-electron chi connectivity index (χ1n) is 34.1. The molecule has 0 aromatic rings. The molecule has 6 aliphatic heterocycles. The summed E-state index contributed by atoms with van der Waals surface area (Å²) in [5.41, 5.74) is -2.31. The molecular formula is C65H106O31. The quantitative estimate of drug-likeness (QED) is 0.0392. The molecule has 31 heteroatoms. The summed E-state index contributed by atoms with van der Waals surface area (Å²) in [6, 6.07) is 0. The van der Waals surface area contributed by atoms with Crippen LogP contribution in [-0.4, -0.2) is 315 Å². The van der Waals surface area contributed by atoms with Gasteiger partial charge in [-0.15, -0.1) is 0 Å². The number of allylic oxidation sites excluding steroid dienone is 2. The van der Waals surface area contributed by atoms with Crippen LogP contribution in [0.15, 0.2) is 11.6 Å². The number of ether oxygens (including phenoxy) is 12. The molecule has 0 unspecified atom stereocenters. The van der Waals surface area contributed by atoms with E-state index in [0.29, 0.717) is 57.8 Å². The van der Waals surface area contributed by atoms with Crippen LogP contribution in [0.3, 0.4) is 0 Å². The Labute approximate surface area is 556 Å². The third kappa shape index (κ3) is 12.8. The Bertz CT molecular complexity index is 2690. The van der Waals surface area contributed by atoms with E-state index in [1.54, 1.807) is 0 Å². The van der Waals surface area contributed by atoms with Gasteiger partial charge in [0.15, 0.2) is 31.5 Å². The number of carbonyl (C=O) groups is 1. The Morgan fingerprint density at radius 2 is 1.05 bits per heavy atom. The molecule has 31 nitrogen and oxygen atoms in total. The summed E-state index contributed by atoms with van der Waals surface area (Å²) in [5, 5.41) is 196. The molecule has 0 spiro atoms. The molecule has 96 heavy (non-hydrogen) atoms. The molecular weight excluding hydrogens is 1280 g/mol. The van der Waals surface area contributed by atoms with Gasteiger partial charge in [0.1, 0.15) is 128 Å². The molecule has 10 fully saturated rings. The van der Waals surface area contributed by atoms with E-state index in [-0.39, 0.29) is 41.8 Å². The van der Waals surface area contributed by atoms with Gasteiger partial charge in [0, 0.05) is 5.41 Å². The van der Waals surface area contributed by atoms with Crippen LogP contribution < -0.4 is 0 Å². The summed E-state index contributed by atoms with van der Waals surface area (Å²) in [7, 11) is 0. The molecule has 38 atom stereocenters. The van der Waals surface area contributed by atoms with Gasteiger partial charge in [0.25, 0.3) is 0 Å². The number of carbonyl (C=O) groups excluding carboxylic acids is 1. The maximum atomic E-state index is 15.3. The molecule has 0 aromatic heterocycles. The Balaban J connectivity index is 0.770. The van der Waals surface area contributed by atoms with E-state index in [2.05, 4.69) is 40.7 Å². The van der Waals surface area contributed by atoms with Crippen molar-refractivity contribution in [3.8, 4) is 0 Å². The largest absolute Gasteiger partial charge is 0.432 e. The number of hydrogen-bond acceptors (Lipinski definition) is 31. The van der Waals surface area contributed by atoms with Crippen molar-refractivity contribution in [1.82, 2.24) is 0 Å². The van der Waals surface area contributed by atoms with Gasteiger partial charge in [0.2, 0.25) is 6.29 Å². The van der Waals surface area contributed by atoms with E-state index >= 15 is 4.79 Å². The highest BCUT2D eigenvalue weighted by atomic mass is 16.8. The number of fused-ring (bicyclic) bond motifs is 7. The molecule has 4 saturated carbocycles. The van der Waals surface area contributed by atoms with Crippen molar-refractivity contribution in [2.24, 2.45) is 50.2 Å². The molecule has 6 saturated heterocycles. The first kappa shape index (κ1) is 75.2. The van der Waals surface area contributed by atoms with Gasteiger partial charge >= 0.3 is 5.97 Å². The first-order valence-corrected chi connectivity index (χ1v) is 34.1. The third-order valence-electron chi connectivity index (χ3n) is 25.3. The van der Waals surface area contributed by atoms with Gasteiger partial charge in [-0.2, -0.15) is 0 Å². The second kappa shape index (κ2) is 28.3. The second-order valence-electron chi connectivity index (χ2n) is 31.3. The van der Waals surface area contributed by atoms with Gasteiger partial charge in [0.05, 0.1) is 56.8 Å². The Morgan fingerprint density at radius 3 is 1.71 bits per heavy atom. The number of esters is 1. The van der Waals surface area contributed by atoms with Gasteiger partial charge < -0.3 is 149 Å². The minimum absolute atomic E-state index is 0.0604. The molecule has 5 aliphatic carbocycles. The van der Waals surface area contributed by atoms with Crippen LogP contribution in [0.5, 0.6) is 0 Å². The smallest absolute Gasteiger partial charge is 0.315 e. The molecule has 552 valence electrons. The summed E-state index contributed by atoms with van der Waals surface area (Å²) < 4.78 is 71.4. The highest BCUT2D eigenvalue weighted by Crippen LogP contribution is 2.76. The van der Waals surface area contributed by atoms with E-state index in [1.807, 2.05) is 6.92 Å². The number of aliphatic hydroxyl groups is 18. The van der Waals surface area contributed by atoms with Gasteiger partial charge in [-0.25, -0.2) is 0 Å². The van der Waals surface area contributed by atoms with Crippen molar-refractivity contribution in [2.45, 2.75) is 304 Å². The molecule has 0 bridgehead atoms. The lowest BCUT2D eigenvalue weighted by Gasteiger charge is -2.71. The summed E-state index contributed by atoms with van der Waals surface area (Å²) in [6.07, 6.45) is -40.3. The van der Waals surface area contributed by atoms with Gasteiger partial charge in [-0.05, 0) is 117 Å². The number of hydrogen-bond donors (Lipinski definition) is 18. The van der Waals surface area contributed by atoms with Crippen molar-refractivity contribution in [1.29, 1.82) is 0 Å². The second-order valence-corrected chi connectivity index (χ2v) is 31.3. The molecule has 0 amide bonds. The van der Waals surface area contributed by atoms with Crippen LogP contribution in [0.4, 0.5) is 0 Å². The fraction of sp³-hybridized carbons (Fsp3) is 0.954. The highest BCUT2D eigenvalue weighted by Gasteiger charge is 2.71. The van der Waals surface area contributed by atoms with Crippen molar-refractivity contribution in [3.63, 3.8) is 0 Å². The summed E-state index contributed by atoms with van der Waals surface area (Å²) in [6.45, 7) is 13.2. The normalized spacial score (nSPS) is 55.1. The maximum absolute atomic E-state index is 15.3. The van der Waals surface area contributed by atoms with Crippen LogP contribution in [0, 0.1) is 50.2 Å². The summed E-state index contributed by atoms with van der Waals surface area (Å²) in [5.74, 6) is -1.06. The fourth-order valence-electron chi connectivity index (χ4n) is 19.0. The van der Waals surface area contributed by atoms with E-state index < -0.39 is 232 Å². The van der Waals surface area contributed by atoms with Crippen molar-refractivity contribution in [2.75, 3.05) is 33.0 Å². The highest BCUT2D eigenvalue weighted by molar-refractivity contribution is 5.79. The zero-order valence-corrected chi connectivity index (χ0v) is 55.6. The predicted octanol–water partition coefficient (Wildman–Crippen LogP) is -4.72. The topological polar surface area (TPSA) is 492 Å². The lowest BCUT2D eigenvalue weighted by Crippen LogP contribution is -2.67. The fourth-order valence-corrected chi connectivity index (χ4v) is 19.0. The third-order valence-corrected chi connectivity index (χ3v) is 25.3. The minimum atomic E-state index is -1.92. The van der Waals surface area contributed by atoms with Crippen LogP contribution >= 0.6 is 0 Å². The van der Waals surface area contributed by atoms with Crippen LogP contribution in [0.2, 0.25) is 0 Å². The Morgan fingerprint density at radius 1 is 0.500 bits per heavy atom. The monoisotopic (exact) mass is 1380 g/mol. The molecule has 0 radical (unpaired) electrons. The summed E-state index contributed by atoms with van der Waals surface area (Å²) in [4.78, 5) is 15.3. The van der Waals surface area contributed by atoms with Crippen LogP contribution in [0.25, 0.3) is 0 Å². The van der Waals surface area contributed by atoms with E-state index in [9.17, 15) is 91.9 Å². The number of rotatable bonds is 16. The minimum Gasteiger partial charge on any atom is -0.432 e. The van der Waals surface area contributed by atoms with Crippen LogP contribution in [0.1, 0.15) is 120 Å². The van der Waals surface area contributed by atoms with Crippen molar-refractivity contribution < 1.29 is 154 Å². The van der Waals surface area contributed by atoms with E-state index in [4.69, 9.17) is 56.8 Å². The number of aliphatic hydroxyl groups excluding tert-OH is 18. The van der Waals surface area contributed by atoms with Crippen molar-refractivity contribution in [3.05, 3.63) is 11.6 Å². The van der Waals surface area contributed by atoms with Crippen LogP contribution in [-0.2, 0) is 61.6 Å². The first-order chi connectivity index (χ1) is 45.1. The lowest BCUT2D eigenvalue weighted by atomic mass is 9.33. The summed E-state index contributed by atoms with van der Waals surface area (Å²) >= 11 is 0. The zero-order chi connectivity index (χ0) is 70.0. The van der Waals surface area contributed by atoms with E-state index in [0.717, 1.165) is 12.0 Å². The Kier molecular flexibility index (Phi) is 22.1. The zero-order valence-electron chi connectivity index (χ0n) is 55.6. The Hall–Kier alpha value is -1.95. The molecule has 6 heterocycles. The SMILES string of the molecule is C[C@@H]1O[C@H](O[C@@H]2[C@@H](O)[C@H](O)[C@@H](OC[C@@H]3O[C@H](OC(=O)[C@]45CCC(C)(C)C[C@H]4C4=CC[C@H]6[C@]7(C)CC[C@H](O[C@H]8OC[C@H](O)[C@@H](O)[C@@H]8O[C@H]8O[C@@H](C)[C@H](O)[C@@H](O[C@H]9O[C@@H](CO)[C@H](O)[C@@H](O)[C@@H]9O)[C@@H]8O)[C@@](C)(CO)[C@H]7CC[C@]6(C)[C@@]4(C)CC5)[C@@H](O)[C@H](O)[C@H]3O)O[C@H]2CO)[C@@H](O)[C@H](O)[C@H]1O. The molecule has 0 aromatic carbocycles. The van der Waals surface area contributed by atoms with Gasteiger partial charge in [-0.1, -0.05) is 53.2 Å². The van der Waals surface area contributed by atoms with E-state index in [1.165, 1.54) is 13.8 Å². The average Bonchev–Trinajstić information content (AvgIpc) is 0.675. The maximum Gasteiger partial charge on any atom is 0.315 e. The standard InChI is InChI=1S/C65H106O31/c1-25-36(70)41(75)45(79)54(87-25)93-50-31(21-67)90-53(48(82)44(50)78)86-23-32-40(74)43(77)47(81)56(91-32)96-59(84)65-17-15-60(3,4)19-28(65)27-9-10-34-61(5)13-12-35(62(6,24-68)33(61)11-14-64(34,8)63(27,7)16-18-65)92-58-52(38(72)29(69)22-85-58)95-57-49(83)51(37(71)26(2)88-57)94-55-46(80)42(76)39(73)30(20-66)89-55/h9,25-26,28-58,66-83H,10-24H2,1-8H3/t25-,26-,28-,29-,30-,31-,32-,33-,34-,35-,36-,37-,38+,39-,40-,41+,42+,43+,44-,45-,46-,47-,48-,49-,50-,51+,52-,53-,54+,55+,56+,57+,58+,61+,62-,63-,64-,65-/m0/s1. The molecule has 11 aliphatic rings. The predicted molar refractivity (Wildman–Crippen MR) is 321 cm³/mol. The van der Waals surface area contributed by atoms with Crippen molar-refractivity contribution >= 4 is 5.97 Å². The lowest BCUT2D eigenvalue weighted by molar-refractivity contribution is -0.383. The molecule has 11 rings (SSSR count). The average molecular weight is 1380 g/mol. The van der Waals surface area contributed by atoms with Gasteiger partial charge in [-0.3, -0.25) is 4.79 Å².